The first kappa shape index (κ1) is 6.84. The van der Waals surface area contributed by atoms with Crippen LogP contribution in [0.3, 0.4) is 0 Å². The standard InChI is InChI=1S/C6H4ClN3/c7-5-4(3-8)1-2-10-6(5)9/h1-2H,(H2,9,10). The second-order valence-electron chi connectivity index (χ2n) is 1.67. The molecule has 0 amide bonds. The van der Waals surface area contributed by atoms with E-state index in [0.717, 1.165) is 0 Å². The van der Waals surface area contributed by atoms with E-state index in [1.54, 1.807) is 0 Å². The lowest BCUT2D eigenvalue weighted by atomic mass is 10.3. The number of nitrogens with zero attached hydrogens (tertiary/aromatic N) is 2. The molecule has 0 aliphatic carbocycles. The van der Waals surface area contributed by atoms with Crippen molar-refractivity contribution in [3.8, 4) is 6.07 Å². The second-order valence-corrected chi connectivity index (χ2v) is 2.05. The van der Waals surface area contributed by atoms with E-state index in [1.807, 2.05) is 6.07 Å². The minimum atomic E-state index is 0.195. The van der Waals surface area contributed by atoms with Crippen LogP contribution in [0.25, 0.3) is 0 Å². The smallest absolute Gasteiger partial charge is 0.143 e. The first-order chi connectivity index (χ1) is 4.75. The molecular formula is C6H4ClN3. The molecular weight excluding hydrogens is 150 g/mol. The van der Waals surface area contributed by atoms with Gasteiger partial charge in [-0.1, -0.05) is 11.6 Å². The van der Waals surface area contributed by atoms with Gasteiger partial charge in [-0.15, -0.1) is 0 Å². The third-order valence-corrected chi connectivity index (χ3v) is 1.43. The third-order valence-electron chi connectivity index (χ3n) is 1.04. The monoisotopic (exact) mass is 153 g/mol. The molecule has 1 rings (SSSR count). The van der Waals surface area contributed by atoms with Crippen molar-refractivity contribution in [3.05, 3.63) is 22.8 Å². The minimum Gasteiger partial charge on any atom is -0.382 e. The summed E-state index contributed by atoms with van der Waals surface area (Å²) in [5.74, 6) is 0.195. The molecule has 0 atom stereocenters. The van der Waals surface area contributed by atoms with E-state index in [-0.39, 0.29) is 10.8 Å². The molecule has 10 heavy (non-hydrogen) atoms. The van der Waals surface area contributed by atoms with Crippen LogP contribution in [0.1, 0.15) is 5.56 Å². The highest BCUT2D eigenvalue weighted by atomic mass is 35.5. The van der Waals surface area contributed by atoms with Gasteiger partial charge in [-0.2, -0.15) is 5.26 Å². The number of nitrogen functional groups attached to an aromatic ring is 1. The number of hydrogen-bond acceptors (Lipinski definition) is 3. The van der Waals surface area contributed by atoms with E-state index in [0.29, 0.717) is 5.56 Å². The van der Waals surface area contributed by atoms with Crippen molar-refractivity contribution in [2.24, 2.45) is 0 Å². The van der Waals surface area contributed by atoms with Crippen molar-refractivity contribution >= 4 is 17.4 Å². The number of halogens is 1. The van der Waals surface area contributed by atoms with Gasteiger partial charge in [-0.05, 0) is 6.07 Å². The molecule has 0 saturated heterocycles. The summed E-state index contributed by atoms with van der Waals surface area (Å²) in [5.41, 5.74) is 5.66. The predicted molar refractivity (Wildman–Crippen MR) is 38.4 cm³/mol. The summed E-state index contributed by atoms with van der Waals surface area (Å²) < 4.78 is 0. The average Bonchev–Trinajstić information content (AvgIpc) is 1.95. The van der Waals surface area contributed by atoms with E-state index in [9.17, 15) is 0 Å². The Hall–Kier alpha value is -1.27. The Morgan fingerprint density at radius 1 is 1.70 bits per heavy atom. The quantitative estimate of drug-likeness (QED) is 0.609. The van der Waals surface area contributed by atoms with Gasteiger partial charge < -0.3 is 5.73 Å². The van der Waals surface area contributed by atoms with Crippen LogP contribution in [0.4, 0.5) is 5.82 Å². The second kappa shape index (κ2) is 2.54. The largest absolute Gasteiger partial charge is 0.382 e. The first-order valence-electron chi connectivity index (χ1n) is 2.56. The molecule has 3 nitrogen and oxygen atoms in total. The zero-order valence-electron chi connectivity index (χ0n) is 5.00. The highest BCUT2D eigenvalue weighted by Gasteiger charge is 2.01. The molecule has 0 aliphatic heterocycles. The fourth-order valence-electron chi connectivity index (χ4n) is 0.546. The Kier molecular flexibility index (Phi) is 1.74. The summed E-state index contributed by atoms with van der Waals surface area (Å²) in [5, 5.41) is 8.65. The Morgan fingerprint density at radius 2 is 2.40 bits per heavy atom. The molecule has 0 aliphatic rings. The number of aromatic nitrogens is 1. The van der Waals surface area contributed by atoms with E-state index in [1.165, 1.54) is 12.3 Å². The fraction of sp³-hybridized carbons (Fsp3) is 0. The van der Waals surface area contributed by atoms with Crippen molar-refractivity contribution in [1.29, 1.82) is 5.26 Å². The predicted octanol–water partition coefficient (Wildman–Crippen LogP) is 1.19. The van der Waals surface area contributed by atoms with E-state index in [2.05, 4.69) is 4.98 Å². The molecule has 0 saturated carbocycles. The lowest BCUT2D eigenvalue weighted by molar-refractivity contribution is 1.32. The number of nitriles is 1. The molecule has 4 heteroatoms. The zero-order chi connectivity index (χ0) is 7.56. The van der Waals surface area contributed by atoms with E-state index >= 15 is 0 Å². The maximum atomic E-state index is 8.43. The lowest BCUT2D eigenvalue weighted by Gasteiger charge is -1.95. The topological polar surface area (TPSA) is 62.7 Å². The maximum absolute atomic E-state index is 8.43. The summed E-state index contributed by atoms with van der Waals surface area (Å²) in [6, 6.07) is 3.40. The highest BCUT2D eigenvalue weighted by Crippen LogP contribution is 2.18. The van der Waals surface area contributed by atoms with Crippen molar-refractivity contribution in [2.45, 2.75) is 0 Å². The van der Waals surface area contributed by atoms with Crippen LogP contribution in [0, 0.1) is 11.3 Å². The van der Waals surface area contributed by atoms with Crippen molar-refractivity contribution in [2.75, 3.05) is 5.73 Å². The summed E-state index contributed by atoms with van der Waals surface area (Å²) in [6.07, 6.45) is 1.44. The van der Waals surface area contributed by atoms with Gasteiger partial charge in [-0.3, -0.25) is 0 Å². The number of pyridine rings is 1. The van der Waals surface area contributed by atoms with Crippen molar-refractivity contribution < 1.29 is 0 Å². The number of nitrogens with two attached hydrogens (primary N) is 1. The average molecular weight is 154 g/mol. The van der Waals surface area contributed by atoms with Crippen LogP contribution >= 0.6 is 11.6 Å². The Morgan fingerprint density at radius 3 is 2.90 bits per heavy atom. The molecule has 0 fully saturated rings. The van der Waals surface area contributed by atoms with Crippen LogP contribution in [0.5, 0.6) is 0 Å². The fourth-order valence-corrected chi connectivity index (χ4v) is 0.700. The molecule has 50 valence electrons. The zero-order valence-corrected chi connectivity index (χ0v) is 5.76. The normalized spacial score (nSPS) is 8.80. The number of anilines is 1. The van der Waals surface area contributed by atoms with E-state index in [4.69, 9.17) is 22.6 Å². The molecule has 2 N–H and O–H groups in total. The number of rotatable bonds is 0. The van der Waals surface area contributed by atoms with Crippen LogP contribution in [-0.4, -0.2) is 4.98 Å². The highest BCUT2D eigenvalue weighted by molar-refractivity contribution is 6.33. The van der Waals surface area contributed by atoms with Crippen LogP contribution in [0.2, 0.25) is 5.02 Å². The van der Waals surface area contributed by atoms with Gasteiger partial charge in [0.1, 0.15) is 16.9 Å². The third kappa shape index (κ3) is 1.02. The number of hydrogen-bond donors (Lipinski definition) is 1. The summed E-state index contributed by atoms with van der Waals surface area (Å²) in [6.45, 7) is 0. The van der Waals surface area contributed by atoms with Crippen molar-refractivity contribution in [3.63, 3.8) is 0 Å². The summed E-state index contributed by atoms with van der Waals surface area (Å²) in [4.78, 5) is 3.68. The lowest BCUT2D eigenvalue weighted by Crippen LogP contribution is -1.91. The molecule has 0 radical (unpaired) electrons. The molecule has 1 aromatic heterocycles. The van der Waals surface area contributed by atoms with Crippen molar-refractivity contribution in [1.82, 2.24) is 4.98 Å². The van der Waals surface area contributed by atoms with Gasteiger partial charge >= 0.3 is 0 Å². The Bertz CT molecular complexity index is 290. The van der Waals surface area contributed by atoms with Gasteiger partial charge in [-0.25, -0.2) is 4.98 Å². The molecule has 1 heterocycles. The minimum absolute atomic E-state index is 0.195. The van der Waals surface area contributed by atoms with Crippen LogP contribution in [-0.2, 0) is 0 Å². The maximum Gasteiger partial charge on any atom is 0.143 e. The van der Waals surface area contributed by atoms with Gasteiger partial charge in [0, 0.05) is 6.20 Å². The molecule has 0 aromatic carbocycles. The van der Waals surface area contributed by atoms with Gasteiger partial charge in [0.25, 0.3) is 0 Å². The Labute approximate surface area is 63.1 Å². The first-order valence-corrected chi connectivity index (χ1v) is 2.93. The van der Waals surface area contributed by atoms with E-state index < -0.39 is 0 Å². The molecule has 0 unspecified atom stereocenters. The Balaban J connectivity index is 3.31. The molecule has 1 aromatic rings. The summed E-state index contributed by atoms with van der Waals surface area (Å²) in [7, 11) is 0. The van der Waals surface area contributed by atoms with Crippen LogP contribution < -0.4 is 5.73 Å². The van der Waals surface area contributed by atoms with Crippen LogP contribution in [0.15, 0.2) is 12.3 Å². The SMILES string of the molecule is N#Cc1ccnc(N)c1Cl. The molecule has 0 spiro atoms. The van der Waals surface area contributed by atoms with Gasteiger partial charge in [0.15, 0.2) is 0 Å². The molecule has 0 bridgehead atoms. The van der Waals surface area contributed by atoms with Gasteiger partial charge in [0.2, 0.25) is 0 Å². The summed E-state index contributed by atoms with van der Waals surface area (Å²) >= 11 is 5.58. The van der Waals surface area contributed by atoms with Gasteiger partial charge in [0.05, 0.1) is 5.56 Å².